The lowest BCUT2D eigenvalue weighted by Crippen LogP contribution is -2.45. The quantitative estimate of drug-likeness (QED) is 0.905. The molecule has 5 heteroatoms. The molecule has 1 aromatic carbocycles. The van der Waals surface area contributed by atoms with Gasteiger partial charge in [-0.1, -0.05) is 26.0 Å². The van der Waals surface area contributed by atoms with Crippen molar-refractivity contribution in [2.24, 2.45) is 11.8 Å². The Labute approximate surface area is 135 Å². The summed E-state index contributed by atoms with van der Waals surface area (Å²) in [6.45, 7) is 5.07. The van der Waals surface area contributed by atoms with E-state index in [1.165, 1.54) is 5.56 Å². The van der Waals surface area contributed by atoms with Crippen molar-refractivity contribution in [3.63, 3.8) is 0 Å². The highest BCUT2D eigenvalue weighted by Crippen LogP contribution is 2.23. The molecular weight excluding hydrogens is 298 g/mol. The Kier molecular flexibility index (Phi) is 5.89. The number of amides is 1. The van der Waals surface area contributed by atoms with E-state index in [0.29, 0.717) is 25.1 Å². The molecule has 1 amide bonds. The van der Waals surface area contributed by atoms with Crippen LogP contribution in [-0.4, -0.2) is 40.7 Å². The number of hydrogen-bond acceptors (Lipinski definition) is 3. The zero-order chi connectivity index (χ0) is 16.1. The Morgan fingerprint density at radius 3 is 2.55 bits per heavy atom. The van der Waals surface area contributed by atoms with Crippen LogP contribution < -0.4 is 0 Å². The van der Waals surface area contributed by atoms with E-state index in [4.69, 9.17) is 0 Å². The number of rotatable bonds is 5. The standard InChI is InChI=1S/C17H23NO3S/c1-3-22-11-13-4-6-14(7-5-13)16(19)18-9-12(2)8-15(10-18)17(20)21/h4-7,12,15H,3,8-11H2,1-2H3,(H,20,21). The van der Waals surface area contributed by atoms with Gasteiger partial charge in [-0.25, -0.2) is 0 Å². The minimum atomic E-state index is -0.809. The van der Waals surface area contributed by atoms with Gasteiger partial charge in [0.2, 0.25) is 0 Å². The number of hydrogen-bond donors (Lipinski definition) is 1. The number of aliphatic carboxylic acids is 1. The minimum Gasteiger partial charge on any atom is -0.481 e. The lowest BCUT2D eigenvalue weighted by Gasteiger charge is -2.34. The number of benzene rings is 1. The number of carbonyl (C=O) groups excluding carboxylic acids is 1. The zero-order valence-electron chi connectivity index (χ0n) is 13.1. The highest BCUT2D eigenvalue weighted by Gasteiger charge is 2.32. The third kappa shape index (κ3) is 4.26. The lowest BCUT2D eigenvalue weighted by molar-refractivity contribution is -0.143. The first-order valence-electron chi connectivity index (χ1n) is 7.70. The SMILES string of the molecule is CCSCc1ccc(C(=O)N2CC(C)CC(C(=O)O)C2)cc1. The Hall–Kier alpha value is -1.49. The fourth-order valence-corrected chi connectivity index (χ4v) is 3.47. The molecule has 1 aliphatic rings. The molecule has 1 N–H and O–H groups in total. The van der Waals surface area contributed by atoms with Crippen LogP contribution >= 0.6 is 11.8 Å². The minimum absolute atomic E-state index is 0.0625. The molecule has 120 valence electrons. The summed E-state index contributed by atoms with van der Waals surface area (Å²) in [7, 11) is 0. The van der Waals surface area contributed by atoms with Crippen LogP contribution in [0.5, 0.6) is 0 Å². The van der Waals surface area contributed by atoms with Crippen LogP contribution in [0.1, 0.15) is 36.2 Å². The number of piperidine rings is 1. The maximum Gasteiger partial charge on any atom is 0.308 e. The predicted octanol–water partition coefficient (Wildman–Crippen LogP) is 3.12. The van der Waals surface area contributed by atoms with Crippen molar-refractivity contribution in [2.45, 2.75) is 26.0 Å². The van der Waals surface area contributed by atoms with E-state index in [9.17, 15) is 14.7 Å². The molecule has 0 saturated carbocycles. The molecule has 2 atom stereocenters. The number of carbonyl (C=O) groups is 2. The third-order valence-corrected chi connectivity index (χ3v) is 4.92. The molecule has 0 aliphatic carbocycles. The smallest absolute Gasteiger partial charge is 0.308 e. The summed E-state index contributed by atoms with van der Waals surface area (Å²) in [6, 6.07) is 7.67. The lowest BCUT2D eigenvalue weighted by atomic mass is 9.90. The van der Waals surface area contributed by atoms with Gasteiger partial charge in [0.1, 0.15) is 0 Å². The van der Waals surface area contributed by atoms with Gasteiger partial charge in [-0.05, 0) is 35.8 Å². The summed E-state index contributed by atoms with van der Waals surface area (Å²) in [5.41, 5.74) is 1.85. The van der Waals surface area contributed by atoms with Crippen molar-refractivity contribution >= 4 is 23.6 Å². The van der Waals surface area contributed by atoms with E-state index < -0.39 is 11.9 Å². The molecular formula is C17H23NO3S. The number of likely N-dealkylation sites (tertiary alicyclic amines) is 1. The van der Waals surface area contributed by atoms with Crippen LogP contribution in [0.15, 0.2) is 24.3 Å². The van der Waals surface area contributed by atoms with Crippen molar-refractivity contribution in [2.75, 3.05) is 18.8 Å². The Morgan fingerprint density at radius 2 is 1.95 bits per heavy atom. The van der Waals surface area contributed by atoms with Gasteiger partial charge in [-0.2, -0.15) is 11.8 Å². The Balaban J connectivity index is 2.05. The van der Waals surface area contributed by atoms with E-state index in [-0.39, 0.29) is 11.8 Å². The highest BCUT2D eigenvalue weighted by molar-refractivity contribution is 7.98. The molecule has 1 aromatic rings. The molecule has 1 fully saturated rings. The second-order valence-corrected chi connectivity index (χ2v) is 7.19. The first kappa shape index (κ1) is 16.9. The molecule has 4 nitrogen and oxygen atoms in total. The zero-order valence-corrected chi connectivity index (χ0v) is 13.9. The van der Waals surface area contributed by atoms with Crippen molar-refractivity contribution in [1.82, 2.24) is 4.90 Å². The van der Waals surface area contributed by atoms with Gasteiger partial charge in [-0.3, -0.25) is 9.59 Å². The van der Waals surface area contributed by atoms with Crippen LogP contribution in [-0.2, 0) is 10.5 Å². The van der Waals surface area contributed by atoms with Gasteiger partial charge < -0.3 is 10.0 Å². The first-order valence-corrected chi connectivity index (χ1v) is 8.85. The Morgan fingerprint density at radius 1 is 1.27 bits per heavy atom. The number of carboxylic acids is 1. The molecule has 2 unspecified atom stereocenters. The van der Waals surface area contributed by atoms with Crippen LogP contribution in [0.4, 0.5) is 0 Å². The fraction of sp³-hybridized carbons (Fsp3) is 0.529. The van der Waals surface area contributed by atoms with Gasteiger partial charge in [0.05, 0.1) is 5.92 Å². The largest absolute Gasteiger partial charge is 0.481 e. The summed E-state index contributed by atoms with van der Waals surface area (Å²) < 4.78 is 0. The summed E-state index contributed by atoms with van der Waals surface area (Å²) in [6.07, 6.45) is 0.645. The second-order valence-electron chi connectivity index (χ2n) is 5.92. The molecule has 1 heterocycles. The van der Waals surface area contributed by atoms with Crippen LogP contribution in [0.2, 0.25) is 0 Å². The third-order valence-electron chi connectivity index (χ3n) is 3.97. The molecule has 1 aliphatic heterocycles. The van der Waals surface area contributed by atoms with E-state index in [0.717, 1.165) is 11.5 Å². The molecule has 22 heavy (non-hydrogen) atoms. The van der Waals surface area contributed by atoms with Crippen molar-refractivity contribution < 1.29 is 14.7 Å². The normalized spacial score (nSPS) is 21.6. The molecule has 0 aromatic heterocycles. The van der Waals surface area contributed by atoms with Crippen molar-refractivity contribution in [3.8, 4) is 0 Å². The van der Waals surface area contributed by atoms with E-state index in [1.54, 1.807) is 4.90 Å². The maximum absolute atomic E-state index is 12.6. The fourth-order valence-electron chi connectivity index (χ4n) is 2.84. The maximum atomic E-state index is 12.6. The number of nitrogens with zero attached hydrogens (tertiary/aromatic N) is 1. The van der Waals surface area contributed by atoms with Gasteiger partial charge in [0.25, 0.3) is 5.91 Å². The average Bonchev–Trinajstić information content (AvgIpc) is 2.52. The second kappa shape index (κ2) is 7.68. The van der Waals surface area contributed by atoms with E-state index in [1.807, 2.05) is 43.0 Å². The first-order chi connectivity index (χ1) is 10.5. The molecule has 0 radical (unpaired) electrons. The highest BCUT2D eigenvalue weighted by atomic mass is 32.2. The van der Waals surface area contributed by atoms with E-state index >= 15 is 0 Å². The van der Waals surface area contributed by atoms with Crippen LogP contribution in [0, 0.1) is 11.8 Å². The molecule has 2 rings (SSSR count). The molecule has 0 bridgehead atoms. The summed E-state index contributed by atoms with van der Waals surface area (Å²) in [4.78, 5) is 25.5. The molecule has 0 spiro atoms. The topological polar surface area (TPSA) is 57.6 Å². The van der Waals surface area contributed by atoms with Gasteiger partial charge >= 0.3 is 5.97 Å². The predicted molar refractivity (Wildman–Crippen MR) is 89.1 cm³/mol. The molecule has 1 saturated heterocycles. The van der Waals surface area contributed by atoms with Crippen molar-refractivity contribution in [3.05, 3.63) is 35.4 Å². The van der Waals surface area contributed by atoms with Gasteiger partial charge in [0.15, 0.2) is 0 Å². The van der Waals surface area contributed by atoms with Crippen LogP contribution in [0.3, 0.4) is 0 Å². The van der Waals surface area contributed by atoms with Crippen LogP contribution in [0.25, 0.3) is 0 Å². The average molecular weight is 321 g/mol. The number of thioether (sulfide) groups is 1. The summed E-state index contributed by atoms with van der Waals surface area (Å²) in [5.74, 6) is 0.922. The summed E-state index contributed by atoms with van der Waals surface area (Å²) in [5, 5.41) is 9.20. The number of carboxylic acid groups (broad SMARTS) is 1. The van der Waals surface area contributed by atoms with E-state index in [2.05, 4.69) is 6.92 Å². The monoisotopic (exact) mass is 321 g/mol. The Bertz CT molecular complexity index is 529. The van der Waals surface area contributed by atoms with Crippen molar-refractivity contribution in [1.29, 1.82) is 0 Å². The summed E-state index contributed by atoms with van der Waals surface area (Å²) >= 11 is 1.85. The van der Waals surface area contributed by atoms with Gasteiger partial charge in [-0.15, -0.1) is 0 Å². The van der Waals surface area contributed by atoms with Gasteiger partial charge in [0, 0.05) is 24.4 Å².